The number of nitrogen functional groups attached to an aromatic ring is 1. The summed E-state index contributed by atoms with van der Waals surface area (Å²) in [5, 5.41) is 0.344. The molecule has 2 heterocycles. The van der Waals surface area contributed by atoms with Gasteiger partial charge in [0.25, 0.3) is 5.56 Å². The van der Waals surface area contributed by atoms with Gasteiger partial charge in [-0.2, -0.15) is 0 Å². The van der Waals surface area contributed by atoms with Gasteiger partial charge in [-0.25, -0.2) is 4.57 Å². The molecule has 0 radical (unpaired) electrons. The minimum absolute atomic E-state index is 0.0574. The van der Waals surface area contributed by atoms with E-state index in [1.54, 1.807) is 17.8 Å². The molecule has 3 N–H and O–H groups in total. The zero-order valence-corrected chi connectivity index (χ0v) is 8.02. The van der Waals surface area contributed by atoms with Gasteiger partial charge in [0, 0.05) is 0 Å². The van der Waals surface area contributed by atoms with Crippen LogP contribution in [-0.4, -0.2) is 16.3 Å². The molecule has 0 aliphatic carbocycles. The molecule has 6 heteroatoms. The van der Waals surface area contributed by atoms with Gasteiger partial charge in [-0.15, -0.1) is 0 Å². The predicted octanol–water partition coefficient (Wildman–Crippen LogP) is -0.858. The maximum atomic E-state index is 11.5. The topological polar surface area (TPSA) is 92.7 Å². The number of aldehydes is 1. The Morgan fingerprint density at radius 1 is 1.60 bits per heavy atom. The number of fused-ring (bicyclic) bond motifs is 1. The number of anilines is 1. The number of nitrogens with two attached hydrogens (primary N) is 1. The van der Waals surface area contributed by atoms with E-state index < -0.39 is 0 Å². The summed E-state index contributed by atoms with van der Waals surface area (Å²) in [6, 6.07) is 1.48. The highest BCUT2D eigenvalue weighted by Gasteiger charge is 2.14. The summed E-state index contributed by atoms with van der Waals surface area (Å²) in [6.45, 7) is 0. The van der Waals surface area contributed by atoms with Crippen molar-refractivity contribution in [3.63, 3.8) is 0 Å². The van der Waals surface area contributed by atoms with Crippen molar-refractivity contribution < 1.29 is 9.36 Å². The van der Waals surface area contributed by atoms with E-state index in [0.29, 0.717) is 22.9 Å². The minimum atomic E-state index is -0.350. The molecule has 0 unspecified atom stereocenters. The number of rotatable bonds is 1. The lowest BCUT2D eigenvalue weighted by Gasteiger charge is -1.96. The van der Waals surface area contributed by atoms with Crippen LogP contribution >= 0.6 is 0 Å². The van der Waals surface area contributed by atoms with Crippen molar-refractivity contribution in [2.45, 2.75) is 0 Å². The fourth-order valence-corrected chi connectivity index (χ4v) is 1.44. The summed E-state index contributed by atoms with van der Waals surface area (Å²) in [5.41, 5.74) is 5.93. The van der Waals surface area contributed by atoms with Gasteiger partial charge in [-0.3, -0.25) is 14.6 Å². The van der Waals surface area contributed by atoms with Crippen LogP contribution in [0, 0.1) is 0 Å². The maximum absolute atomic E-state index is 11.5. The van der Waals surface area contributed by atoms with Crippen LogP contribution in [0.5, 0.6) is 0 Å². The number of carbonyl (C=O) groups excluding carboxylic acids is 1. The molecule has 6 nitrogen and oxygen atoms in total. The number of hydrogen-bond acceptors (Lipinski definition) is 4. The number of nitrogens with zero attached hydrogens (tertiary/aromatic N) is 2. The fourth-order valence-electron chi connectivity index (χ4n) is 1.44. The van der Waals surface area contributed by atoms with Crippen LogP contribution in [-0.2, 0) is 7.05 Å². The van der Waals surface area contributed by atoms with Gasteiger partial charge in [-0.1, -0.05) is 0 Å². The van der Waals surface area contributed by atoms with Crippen molar-refractivity contribution in [3.8, 4) is 0 Å². The number of H-pyrrole nitrogens is 1. The molecule has 0 fully saturated rings. The Hall–Kier alpha value is -2.24. The summed E-state index contributed by atoms with van der Waals surface area (Å²) in [7, 11) is 1.70. The minimum Gasteiger partial charge on any atom is -0.348 e. The third kappa shape index (κ3) is 1.45. The number of carbonyl (C=O) groups is 1. The van der Waals surface area contributed by atoms with E-state index in [2.05, 4.69) is 9.97 Å². The molecular weight excluding hydrogens is 196 g/mol. The van der Waals surface area contributed by atoms with E-state index in [0.717, 1.165) is 0 Å². The largest absolute Gasteiger partial charge is 0.348 e. The van der Waals surface area contributed by atoms with Gasteiger partial charge in [0.2, 0.25) is 0 Å². The van der Waals surface area contributed by atoms with E-state index in [4.69, 9.17) is 5.73 Å². The Labute approximate surface area is 84.4 Å². The molecule has 0 aromatic carbocycles. The van der Waals surface area contributed by atoms with Gasteiger partial charge in [-0.05, 0) is 11.1 Å². The molecule has 0 spiro atoms. The molecule has 0 saturated carbocycles. The molecule has 2 aromatic heterocycles. The molecule has 0 aliphatic heterocycles. The quantitative estimate of drug-likeness (QED) is 0.468. The molecule has 2 rings (SSSR count). The zero-order chi connectivity index (χ0) is 11.0. The van der Waals surface area contributed by atoms with Gasteiger partial charge in [0.1, 0.15) is 11.6 Å². The lowest BCUT2D eigenvalue weighted by atomic mass is 10.2. The van der Waals surface area contributed by atoms with E-state index in [9.17, 15) is 9.59 Å². The highest BCUT2D eigenvalue weighted by molar-refractivity contribution is 5.81. The molecule has 15 heavy (non-hydrogen) atoms. The monoisotopic (exact) mass is 205 g/mol. The van der Waals surface area contributed by atoms with Crippen molar-refractivity contribution in [3.05, 3.63) is 28.2 Å². The number of nitrogens with one attached hydrogen (secondary N) is 1. The lowest BCUT2D eigenvalue weighted by molar-refractivity contribution is -0.646. The van der Waals surface area contributed by atoms with Gasteiger partial charge >= 0.3 is 11.6 Å². The standard InChI is InChI=1S/C9H8N4O2/c1-13-3-5(4-14)2-6-7(13)11-9(10)12-8(6)15/h2-4H,1H3,(H2,10,12,15)/p+1. The van der Waals surface area contributed by atoms with Gasteiger partial charge < -0.3 is 5.73 Å². The average Bonchev–Trinajstić information content (AvgIpc) is 2.19. The number of aromatic nitrogens is 3. The zero-order valence-electron chi connectivity index (χ0n) is 8.02. The molecular formula is C9H9N4O2+. The highest BCUT2D eigenvalue weighted by atomic mass is 16.1. The van der Waals surface area contributed by atoms with Crippen molar-refractivity contribution in [2.75, 3.05) is 5.73 Å². The first-order chi connectivity index (χ1) is 7.11. The second-order valence-electron chi connectivity index (χ2n) is 3.19. The van der Waals surface area contributed by atoms with Crippen molar-refractivity contribution in [2.24, 2.45) is 7.05 Å². The Morgan fingerprint density at radius 2 is 2.33 bits per heavy atom. The molecule has 0 atom stereocenters. The van der Waals surface area contributed by atoms with Crippen molar-refractivity contribution in [1.29, 1.82) is 0 Å². The smallest absolute Gasteiger partial charge is 0.340 e. The first kappa shape index (κ1) is 9.32. The van der Waals surface area contributed by atoms with E-state index in [-0.39, 0.29) is 11.5 Å². The van der Waals surface area contributed by atoms with E-state index in [1.807, 2.05) is 0 Å². The fraction of sp³-hybridized carbons (Fsp3) is 0.111. The van der Waals surface area contributed by atoms with E-state index in [1.165, 1.54) is 6.07 Å². The van der Waals surface area contributed by atoms with Crippen LogP contribution in [0.25, 0.3) is 11.0 Å². The predicted molar refractivity (Wildman–Crippen MR) is 53.3 cm³/mol. The number of hydrogen-bond donors (Lipinski definition) is 2. The van der Waals surface area contributed by atoms with Gasteiger partial charge in [0.05, 0.1) is 12.6 Å². The van der Waals surface area contributed by atoms with Crippen LogP contribution in [0.3, 0.4) is 0 Å². The molecule has 2 aromatic rings. The summed E-state index contributed by atoms with van der Waals surface area (Å²) in [5.74, 6) is 0.0574. The van der Waals surface area contributed by atoms with Crippen LogP contribution in [0.1, 0.15) is 10.4 Å². The molecule has 0 aliphatic rings. The second kappa shape index (κ2) is 3.16. The molecule has 0 saturated heterocycles. The first-order valence-electron chi connectivity index (χ1n) is 4.26. The van der Waals surface area contributed by atoms with Gasteiger partial charge in [0.15, 0.2) is 6.29 Å². The Kier molecular flexibility index (Phi) is 1.96. The Bertz CT molecular complexity index is 603. The highest BCUT2D eigenvalue weighted by Crippen LogP contribution is 2.03. The summed E-state index contributed by atoms with van der Waals surface area (Å²) in [4.78, 5) is 28.5. The van der Waals surface area contributed by atoms with E-state index >= 15 is 0 Å². The van der Waals surface area contributed by atoms with Crippen molar-refractivity contribution >= 4 is 23.3 Å². The number of aromatic amines is 1. The molecule has 76 valence electrons. The second-order valence-corrected chi connectivity index (χ2v) is 3.19. The van der Waals surface area contributed by atoms with Crippen molar-refractivity contribution in [1.82, 2.24) is 9.97 Å². The Morgan fingerprint density at radius 3 is 3.00 bits per heavy atom. The first-order valence-corrected chi connectivity index (χ1v) is 4.26. The van der Waals surface area contributed by atoms with Crippen LogP contribution in [0.15, 0.2) is 17.1 Å². The van der Waals surface area contributed by atoms with Crippen LogP contribution in [0.4, 0.5) is 5.95 Å². The summed E-state index contributed by atoms with van der Waals surface area (Å²) in [6.07, 6.45) is 2.26. The summed E-state index contributed by atoms with van der Waals surface area (Å²) >= 11 is 0. The summed E-state index contributed by atoms with van der Waals surface area (Å²) < 4.78 is 1.59. The molecule has 0 amide bonds. The lowest BCUT2D eigenvalue weighted by Crippen LogP contribution is -2.32. The number of pyridine rings is 1. The number of aryl methyl sites for hydroxylation is 1. The maximum Gasteiger partial charge on any atom is 0.340 e. The van der Waals surface area contributed by atoms with Crippen LogP contribution < -0.4 is 15.9 Å². The average molecular weight is 205 g/mol. The van der Waals surface area contributed by atoms with Crippen LogP contribution in [0.2, 0.25) is 0 Å². The Balaban J connectivity index is 2.97. The SMILES string of the molecule is C[n+]1cc(C=O)cc2c(=O)[nH]c(N)nc21. The third-order valence-electron chi connectivity index (χ3n) is 2.08. The molecule has 0 bridgehead atoms. The third-order valence-corrected chi connectivity index (χ3v) is 2.08. The normalized spacial score (nSPS) is 10.5.